The third-order valence-corrected chi connectivity index (χ3v) is 4.60. The van der Waals surface area contributed by atoms with Crippen LogP contribution in [0.1, 0.15) is 31.2 Å². The van der Waals surface area contributed by atoms with Crippen LogP contribution in [0.2, 0.25) is 0 Å². The number of nitrogens with one attached hydrogen (secondary N) is 1. The first kappa shape index (κ1) is 14.5. The standard InChI is InChI=1S/C17H21N5O/c1-2-4-15(3-1)21-17-13(5-12-9-23-10-12)8-20-16(22-17)14-6-18-11-19-7-14/h6-8,11-12,15H,1-5,9-10H2,(H,20,21,22). The summed E-state index contributed by atoms with van der Waals surface area (Å²) in [7, 11) is 0. The van der Waals surface area contributed by atoms with E-state index in [1.807, 2.05) is 6.20 Å². The molecule has 6 nitrogen and oxygen atoms in total. The third-order valence-electron chi connectivity index (χ3n) is 4.60. The van der Waals surface area contributed by atoms with Crippen LogP contribution in [-0.2, 0) is 11.2 Å². The molecule has 0 bridgehead atoms. The van der Waals surface area contributed by atoms with Crippen LogP contribution in [0.25, 0.3) is 11.4 Å². The van der Waals surface area contributed by atoms with E-state index in [1.54, 1.807) is 12.4 Å². The summed E-state index contributed by atoms with van der Waals surface area (Å²) in [5.74, 6) is 2.24. The lowest BCUT2D eigenvalue weighted by Crippen LogP contribution is -2.30. The average Bonchev–Trinajstić information content (AvgIpc) is 3.06. The molecule has 1 saturated heterocycles. The molecule has 1 aliphatic heterocycles. The molecule has 23 heavy (non-hydrogen) atoms. The van der Waals surface area contributed by atoms with Gasteiger partial charge in [0.1, 0.15) is 12.1 Å². The molecule has 2 fully saturated rings. The molecule has 6 heteroatoms. The molecule has 0 unspecified atom stereocenters. The largest absolute Gasteiger partial charge is 0.381 e. The molecule has 4 rings (SSSR count). The van der Waals surface area contributed by atoms with E-state index in [2.05, 4.69) is 20.3 Å². The SMILES string of the molecule is c1ncc(-c2ncc(CC3COC3)c(NC3CCCC3)n2)cn1. The van der Waals surface area contributed by atoms with E-state index in [4.69, 9.17) is 9.72 Å². The van der Waals surface area contributed by atoms with Gasteiger partial charge in [0.15, 0.2) is 5.82 Å². The Hall–Kier alpha value is -2.08. The van der Waals surface area contributed by atoms with Crippen LogP contribution in [0.5, 0.6) is 0 Å². The Balaban J connectivity index is 1.62. The molecule has 0 radical (unpaired) electrons. The van der Waals surface area contributed by atoms with Crippen molar-refractivity contribution in [3.8, 4) is 11.4 Å². The highest BCUT2D eigenvalue weighted by molar-refractivity contribution is 5.56. The van der Waals surface area contributed by atoms with Gasteiger partial charge in [0.2, 0.25) is 0 Å². The molecular formula is C17H21N5O. The van der Waals surface area contributed by atoms with Crippen LogP contribution in [0, 0.1) is 5.92 Å². The summed E-state index contributed by atoms with van der Waals surface area (Å²) in [6.07, 6.45) is 13.0. The molecule has 0 spiro atoms. The highest BCUT2D eigenvalue weighted by Gasteiger charge is 2.23. The van der Waals surface area contributed by atoms with Gasteiger partial charge in [-0.3, -0.25) is 0 Å². The van der Waals surface area contributed by atoms with E-state index < -0.39 is 0 Å². The van der Waals surface area contributed by atoms with Crippen LogP contribution in [0.4, 0.5) is 5.82 Å². The summed E-state index contributed by atoms with van der Waals surface area (Å²) < 4.78 is 5.30. The van der Waals surface area contributed by atoms with Crippen molar-refractivity contribution in [3.63, 3.8) is 0 Å². The summed E-state index contributed by atoms with van der Waals surface area (Å²) >= 11 is 0. The quantitative estimate of drug-likeness (QED) is 0.914. The van der Waals surface area contributed by atoms with Crippen molar-refractivity contribution in [2.75, 3.05) is 18.5 Å². The lowest BCUT2D eigenvalue weighted by atomic mass is 9.99. The van der Waals surface area contributed by atoms with Crippen molar-refractivity contribution in [2.45, 2.75) is 38.1 Å². The minimum Gasteiger partial charge on any atom is -0.381 e. The first-order valence-electron chi connectivity index (χ1n) is 8.34. The molecule has 0 amide bonds. The van der Waals surface area contributed by atoms with Crippen molar-refractivity contribution < 1.29 is 4.74 Å². The van der Waals surface area contributed by atoms with Gasteiger partial charge >= 0.3 is 0 Å². The van der Waals surface area contributed by atoms with Gasteiger partial charge in [-0.15, -0.1) is 0 Å². The van der Waals surface area contributed by atoms with Gasteiger partial charge in [0, 0.05) is 36.1 Å². The van der Waals surface area contributed by atoms with E-state index >= 15 is 0 Å². The second-order valence-corrected chi connectivity index (χ2v) is 6.43. The lowest BCUT2D eigenvalue weighted by Gasteiger charge is -2.27. The first-order chi connectivity index (χ1) is 11.4. The van der Waals surface area contributed by atoms with Crippen molar-refractivity contribution in [3.05, 3.63) is 30.5 Å². The van der Waals surface area contributed by atoms with Gasteiger partial charge in [-0.05, 0) is 19.3 Å². The number of anilines is 1. The van der Waals surface area contributed by atoms with E-state index in [0.717, 1.165) is 31.0 Å². The Kier molecular flexibility index (Phi) is 4.15. The normalized spacial score (nSPS) is 18.8. The fourth-order valence-corrected chi connectivity index (χ4v) is 3.21. The maximum absolute atomic E-state index is 5.30. The second kappa shape index (κ2) is 6.58. The van der Waals surface area contributed by atoms with Gasteiger partial charge in [-0.2, -0.15) is 0 Å². The molecule has 1 N–H and O–H groups in total. The Bertz CT molecular complexity index is 653. The zero-order valence-electron chi connectivity index (χ0n) is 13.1. The minimum absolute atomic E-state index is 0.529. The zero-order valence-corrected chi connectivity index (χ0v) is 13.1. The van der Waals surface area contributed by atoms with Crippen molar-refractivity contribution in [1.29, 1.82) is 0 Å². The summed E-state index contributed by atoms with van der Waals surface area (Å²) in [4.78, 5) is 17.4. The van der Waals surface area contributed by atoms with E-state index in [1.165, 1.54) is 37.6 Å². The van der Waals surface area contributed by atoms with Crippen LogP contribution >= 0.6 is 0 Å². The Morgan fingerprint density at radius 1 is 1.09 bits per heavy atom. The molecule has 2 aliphatic rings. The van der Waals surface area contributed by atoms with Crippen LogP contribution in [0.3, 0.4) is 0 Å². The molecule has 1 saturated carbocycles. The Labute approximate surface area is 135 Å². The van der Waals surface area contributed by atoms with Crippen LogP contribution in [0.15, 0.2) is 24.9 Å². The molecular weight excluding hydrogens is 290 g/mol. The fourth-order valence-electron chi connectivity index (χ4n) is 3.21. The summed E-state index contributed by atoms with van der Waals surface area (Å²) in [6, 6.07) is 0.529. The first-order valence-corrected chi connectivity index (χ1v) is 8.34. The predicted octanol–water partition coefficient (Wildman–Crippen LogP) is 2.48. The highest BCUT2D eigenvalue weighted by Crippen LogP contribution is 2.27. The van der Waals surface area contributed by atoms with Gasteiger partial charge in [0.05, 0.1) is 18.8 Å². The van der Waals surface area contributed by atoms with Gasteiger partial charge in [0.25, 0.3) is 0 Å². The van der Waals surface area contributed by atoms with Gasteiger partial charge in [-0.1, -0.05) is 12.8 Å². The van der Waals surface area contributed by atoms with Gasteiger partial charge in [-0.25, -0.2) is 19.9 Å². The summed E-state index contributed by atoms with van der Waals surface area (Å²) in [5.41, 5.74) is 2.03. The number of hydrogen-bond acceptors (Lipinski definition) is 6. The maximum atomic E-state index is 5.30. The molecule has 0 aromatic carbocycles. The molecule has 2 aromatic heterocycles. The van der Waals surface area contributed by atoms with E-state index in [9.17, 15) is 0 Å². The number of nitrogens with zero attached hydrogens (tertiary/aromatic N) is 4. The van der Waals surface area contributed by atoms with E-state index in [-0.39, 0.29) is 0 Å². The number of rotatable bonds is 5. The fraction of sp³-hybridized carbons (Fsp3) is 0.529. The average molecular weight is 311 g/mol. The highest BCUT2D eigenvalue weighted by atomic mass is 16.5. The molecule has 3 heterocycles. The molecule has 2 aromatic rings. The zero-order chi connectivity index (χ0) is 15.5. The topological polar surface area (TPSA) is 72.8 Å². The number of ether oxygens (including phenoxy) is 1. The number of hydrogen-bond donors (Lipinski definition) is 1. The van der Waals surface area contributed by atoms with Crippen LogP contribution < -0.4 is 5.32 Å². The van der Waals surface area contributed by atoms with Crippen molar-refractivity contribution >= 4 is 5.82 Å². The summed E-state index contributed by atoms with van der Waals surface area (Å²) in [5, 5.41) is 3.64. The number of aromatic nitrogens is 4. The third kappa shape index (κ3) is 3.32. The predicted molar refractivity (Wildman–Crippen MR) is 86.9 cm³/mol. The lowest BCUT2D eigenvalue weighted by molar-refractivity contribution is -0.0312. The second-order valence-electron chi connectivity index (χ2n) is 6.43. The molecule has 120 valence electrons. The monoisotopic (exact) mass is 311 g/mol. The maximum Gasteiger partial charge on any atom is 0.164 e. The Morgan fingerprint density at radius 2 is 1.87 bits per heavy atom. The van der Waals surface area contributed by atoms with E-state index in [0.29, 0.717) is 17.8 Å². The smallest absolute Gasteiger partial charge is 0.164 e. The van der Waals surface area contributed by atoms with Gasteiger partial charge < -0.3 is 10.1 Å². The molecule has 0 atom stereocenters. The Morgan fingerprint density at radius 3 is 2.57 bits per heavy atom. The van der Waals surface area contributed by atoms with Crippen molar-refractivity contribution in [1.82, 2.24) is 19.9 Å². The molecule has 1 aliphatic carbocycles. The summed E-state index contributed by atoms with van der Waals surface area (Å²) in [6.45, 7) is 1.69. The van der Waals surface area contributed by atoms with Crippen LogP contribution in [-0.4, -0.2) is 39.2 Å². The van der Waals surface area contributed by atoms with Crippen molar-refractivity contribution in [2.24, 2.45) is 5.92 Å². The minimum atomic E-state index is 0.529.